The van der Waals surface area contributed by atoms with Crippen LogP contribution in [-0.2, 0) is 0 Å². The third-order valence-corrected chi connectivity index (χ3v) is 8.13. The molecule has 3 saturated carbocycles. The molecule has 3 heteroatoms. The molecule has 148 valence electrons. The van der Waals surface area contributed by atoms with Crippen molar-refractivity contribution in [3.8, 4) is 0 Å². The zero-order chi connectivity index (χ0) is 19.0. The summed E-state index contributed by atoms with van der Waals surface area (Å²) in [6.45, 7) is 8.24. The Bertz CT molecular complexity index is 648. The van der Waals surface area contributed by atoms with Crippen molar-refractivity contribution < 1.29 is 0 Å². The summed E-state index contributed by atoms with van der Waals surface area (Å²) in [7, 11) is 0. The fraction of sp³-hybridized carbons (Fsp3) is 0.708. The molecule has 3 aliphatic rings. The van der Waals surface area contributed by atoms with E-state index in [2.05, 4.69) is 61.3 Å². The Morgan fingerprint density at radius 3 is 2.48 bits per heavy atom. The molecule has 0 heterocycles. The van der Waals surface area contributed by atoms with Crippen molar-refractivity contribution in [2.45, 2.75) is 77.8 Å². The molecular formula is C24H36N2S. The molecule has 0 aromatic heterocycles. The van der Waals surface area contributed by atoms with Crippen LogP contribution < -0.4 is 10.2 Å². The van der Waals surface area contributed by atoms with Gasteiger partial charge in [-0.15, -0.1) is 0 Å². The third-order valence-electron chi connectivity index (χ3n) is 7.79. The van der Waals surface area contributed by atoms with Gasteiger partial charge < -0.3 is 10.2 Å². The number of fused-ring (bicyclic) bond motifs is 2. The summed E-state index contributed by atoms with van der Waals surface area (Å²) < 4.78 is 0. The largest absolute Gasteiger partial charge is 0.332 e. The highest BCUT2D eigenvalue weighted by molar-refractivity contribution is 7.80. The normalized spacial score (nSPS) is 32.6. The highest BCUT2D eigenvalue weighted by Gasteiger charge is 2.54. The molecule has 3 aliphatic carbocycles. The molecular weight excluding hydrogens is 348 g/mol. The van der Waals surface area contributed by atoms with Crippen LogP contribution in [0.4, 0.5) is 5.69 Å². The summed E-state index contributed by atoms with van der Waals surface area (Å²) in [4.78, 5) is 3.56. The maximum atomic E-state index is 6.01. The molecule has 0 radical (unpaired) electrons. The molecule has 1 aromatic carbocycles. The molecule has 27 heavy (non-hydrogen) atoms. The van der Waals surface area contributed by atoms with Crippen molar-refractivity contribution >= 4 is 22.9 Å². The lowest BCUT2D eigenvalue weighted by molar-refractivity contribution is 0.130. The van der Waals surface area contributed by atoms with Crippen molar-refractivity contribution in [3.63, 3.8) is 0 Å². The minimum Gasteiger partial charge on any atom is -0.332 e. The fourth-order valence-electron chi connectivity index (χ4n) is 6.56. The second kappa shape index (κ2) is 7.83. The zero-order valence-corrected chi connectivity index (χ0v) is 18.1. The Morgan fingerprint density at radius 2 is 1.85 bits per heavy atom. The van der Waals surface area contributed by atoms with Gasteiger partial charge >= 0.3 is 0 Å². The Balaban J connectivity index is 1.43. The average Bonchev–Trinajstić information content (AvgIpc) is 3.14. The number of para-hydroxylation sites is 1. The molecule has 4 atom stereocenters. The van der Waals surface area contributed by atoms with Gasteiger partial charge in [0.25, 0.3) is 0 Å². The molecule has 1 N–H and O–H groups in total. The van der Waals surface area contributed by atoms with Gasteiger partial charge in [-0.1, -0.05) is 70.5 Å². The SMILES string of the molecule is C[C@H]1C(NCC(=S)N(c2ccccc2)C2CCCCC2)[C@H]2C[C@@H]1C(C)(C)C2. The standard InChI is InChI=1S/C24H36N2S/c1-17-21-14-18(15-24(21,2)3)23(17)25-16-22(27)26(19-10-6-4-7-11-19)20-12-8-5-9-13-20/h4,6-7,10-11,17-18,20-21,23,25H,5,8-9,12-16H2,1-3H3/t17-,18+,21+,23?/m1/s1. The topological polar surface area (TPSA) is 15.3 Å². The van der Waals surface area contributed by atoms with E-state index in [0.717, 1.165) is 29.3 Å². The average molecular weight is 385 g/mol. The highest BCUT2D eigenvalue weighted by atomic mass is 32.1. The number of nitrogens with zero attached hydrogens (tertiary/aromatic N) is 1. The number of nitrogens with one attached hydrogen (secondary N) is 1. The summed E-state index contributed by atoms with van der Waals surface area (Å²) in [6, 6.07) is 12.1. The fourth-order valence-corrected chi connectivity index (χ4v) is 6.90. The first-order valence-corrected chi connectivity index (χ1v) is 11.5. The summed E-state index contributed by atoms with van der Waals surface area (Å²) >= 11 is 6.01. The molecule has 3 fully saturated rings. The summed E-state index contributed by atoms with van der Waals surface area (Å²) in [5, 5.41) is 3.91. The Hall–Kier alpha value is -0.930. The zero-order valence-electron chi connectivity index (χ0n) is 17.3. The predicted molar refractivity (Wildman–Crippen MR) is 119 cm³/mol. The van der Waals surface area contributed by atoms with E-state index in [4.69, 9.17) is 12.2 Å². The van der Waals surface area contributed by atoms with Crippen molar-refractivity contribution in [2.24, 2.45) is 23.2 Å². The number of hydrogen-bond acceptors (Lipinski definition) is 2. The van der Waals surface area contributed by atoms with Gasteiger partial charge in [0.05, 0.1) is 4.99 Å². The van der Waals surface area contributed by atoms with E-state index >= 15 is 0 Å². The second-order valence-corrected chi connectivity index (χ2v) is 10.4. The van der Waals surface area contributed by atoms with E-state index in [-0.39, 0.29) is 0 Å². The number of anilines is 1. The lowest BCUT2D eigenvalue weighted by Gasteiger charge is -2.40. The van der Waals surface area contributed by atoms with Crippen LogP contribution in [0.25, 0.3) is 0 Å². The predicted octanol–water partition coefficient (Wildman–Crippen LogP) is 5.81. The van der Waals surface area contributed by atoms with Gasteiger partial charge in [0.15, 0.2) is 0 Å². The Labute approximate surface area is 171 Å². The lowest BCUT2D eigenvalue weighted by Crippen LogP contribution is -2.50. The van der Waals surface area contributed by atoms with Crippen LogP contribution in [0.5, 0.6) is 0 Å². The smallest absolute Gasteiger partial charge is 0.0966 e. The maximum Gasteiger partial charge on any atom is 0.0966 e. The molecule has 1 aromatic rings. The molecule has 1 unspecified atom stereocenters. The third kappa shape index (κ3) is 3.82. The van der Waals surface area contributed by atoms with E-state index in [1.165, 1.54) is 50.6 Å². The molecule has 0 aliphatic heterocycles. The molecule has 2 nitrogen and oxygen atoms in total. The van der Waals surface area contributed by atoms with Crippen LogP contribution in [0.15, 0.2) is 30.3 Å². The van der Waals surface area contributed by atoms with Crippen molar-refractivity contribution in [2.75, 3.05) is 11.4 Å². The molecule has 0 spiro atoms. The minimum absolute atomic E-state index is 0.529. The highest BCUT2D eigenvalue weighted by Crippen LogP contribution is 2.58. The van der Waals surface area contributed by atoms with E-state index in [0.29, 0.717) is 17.5 Å². The van der Waals surface area contributed by atoms with E-state index in [9.17, 15) is 0 Å². The van der Waals surface area contributed by atoms with Gasteiger partial charge in [-0.25, -0.2) is 0 Å². The first-order valence-electron chi connectivity index (χ1n) is 11.1. The Morgan fingerprint density at radius 1 is 1.15 bits per heavy atom. The Kier molecular flexibility index (Phi) is 5.62. The number of rotatable bonds is 5. The monoisotopic (exact) mass is 384 g/mol. The van der Waals surface area contributed by atoms with Crippen LogP contribution in [0.2, 0.25) is 0 Å². The van der Waals surface area contributed by atoms with Crippen LogP contribution in [0.3, 0.4) is 0 Å². The van der Waals surface area contributed by atoms with E-state index < -0.39 is 0 Å². The summed E-state index contributed by atoms with van der Waals surface area (Å²) in [5.74, 6) is 2.47. The van der Waals surface area contributed by atoms with Gasteiger partial charge in [-0.05, 0) is 61.0 Å². The van der Waals surface area contributed by atoms with Crippen molar-refractivity contribution in [1.29, 1.82) is 0 Å². The van der Waals surface area contributed by atoms with Crippen LogP contribution in [0, 0.1) is 23.2 Å². The molecule has 2 bridgehead atoms. The summed E-state index contributed by atoms with van der Waals surface area (Å²) in [5.41, 5.74) is 1.80. The minimum atomic E-state index is 0.529. The maximum absolute atomic E-state index is 6.01. The first-order chi connectivity index (χ1) is 13.0. The van der Waals surface area contributed by atoms with Crippen molar-refractivity contribution in [3.05, 3.63) is 30.3 Å². The first kappa shape index (κ1) is 19.4. The van der Waals surface area contributed by atoms with Crippen LogP contribution >= 0.6 is 12.2 Å². The molecule has 4 rings (SSSR count). The summed E-state index contributed by atoms with van der Waals surface area (Å²) in [6.07, 6.45) is 9.37. The second-order valence-electron chi connectivity index (χ2n) is 9.95. The van der Waals surface area contributed by atoms with Crippen LogP contribution in [0.1, 0.15) is 65.7 Å². The van der Waals surface area contributed by atoms with E-state index in [1.807, 2.05) is 0 Å². The number of thiocarbonyl (C=S) groups is 1. The quantitative estimate of drug-likeness (QED) is 0.645. The van der Waals surface area contributed by atoms with Crippen LogP contribution in [-0.4, -0.2) is 23.6 Å². The van der Waals surface area contributed by atoms with Gasteiger partial charge in [-0.2, -0.15) is 0 Å². The van der Waals surface area contributed by atoms with Gasteiger partial charge in [-0.3, -0.25) is 0 Å². The van der Waals surface area contributed by atoms with Gasteiger partial charge in [0.1, 0.15) is 0 Å². The lowest BCUT2D eigenvalue weighted by atomic mass is 9.70. The number of benzene rings is 1. The van der Waals surface area contributed by atoms with Gasteiger partial charge in [0.2, 0.25) is 0 Å². The van der Waals surface area contributed by atoms with Gasteiger partial charge in [0, 0.05) is 24.3 Å². The molecule has 0 amide bonds. The van der Waals surface area contributed by atoms with Crippen molar-refractivity contribution in [1.82, 2.24) is 5.32 Å². The molecule has 0 saturated heterocycles. The van der Waals surface area contributed by atoms with E-state index in [1.54, 1.807) is 0 Å². The number of hydrogen-bond donors (Lipinski definition) is 1.